The highest BCUT2D eigenvalue weighted by Crippen LogP contribution is 2.17. The molecule has 0 atom stereocenters. The van der Waals surface area contributed by atoms with Crippen molar-refractivity contribution in [2.45, 2.75) is 26.2 Å². The molecule has 0 saturated heterocycles. The topological polar surface area (TPSA) is 85.2 Å². The van der Waals surface area contributed by atoms with Gasteiger partial charge in [0.1, 0.15) is 0 Å². The number of aryl methyl sites for hydroxylation is 1. The maximum absolute atomic E-state index is 12.0. The van der Waals surface area contributed by atoms with Crippen LogP contribution in [-0.2, 0) is 11.2 Å². The molecule has 21 heavy (non-hydrogen) atoms. The largest absolute Gasteiger partial charge is 0.382 e. The summed E-state index contributed by atoms with van der Waals surface area (Å²) in [6.07, 6.45) is 2.62. The van der Waals surface area contributed by atoms with E-state index in [0.29, 0.717) is 17.5 Å². The number of non-ortho nitro benzene ring substituents is 1. The minimum Gasteiger partial charge on any atom is -0.382 e. The second-order valence-electron chi connectivity index (χ2n) is 4.80. The van der Waals surface area contributed by atoms with Crippen LogP contribution in [0.4, 0.5) is 5.69 Å². The van der Waals surface area contributed by atoms with Crippen LogP contribution in [0, 0.1) is 10.1 Å². The molecule has 0 aliphatic heterocycles. The fraction of sp³-hybridized carbons (Fsp3) is 0.400. The second-order valence-corrected chi connectivity index (χ2v) is 4.80. The third-order valence-electron chi connectivity index (χ3n) is 3.27. The predicted molar refractivity (Wildman–Crippen MR) is 80.7 cm³/mol. The fourth-order valence-electron chi connectivity index (χ4n) is 2.20. The lowest BCUT2D eigenvalue weighted by Crippen LogP contribution is -2.06. The number of hydrogen-bond donors (Lipinski definition) is 1. The zero-order valence-corrected chi connectivity index (χ0v) is 11.9. The van der Waals surface area contributed by atoms with Crippen molar-refractivity contribution < 1.29 is 9.66 Å². The first-order valence-corrected chi connectivity index (χ1v) is 7.00. The van der Waals surface area contributed by atoms with Crippen molar-refractivity contribution in [1.29, 1.82) is 0 Å². The molecule has 1 N–H and O–H groups in total. The summed E-state index contributed by atoms with van der Waals surface area (Å²) in [6.45, 7) is 3.39. The van der Waals surface area contributed by atoms with Crippen molar-refractivity contribution in [3.63, 3.8) is 0 Å². The molecule has 0 spiro atoms. The number of nitro benzene ring substituents is 1. The van der Waals surface area contributed by atoms with Crippen LogP contribution in [0.2, 0.25) is 0 Å². The summed E-state index contributed by atoms with van der Waals surface area (Å²) in [5, 5.41) is 11.1. The lowest BCUT2D eigenvalue weighted by molar-refractivity contribution is -0.384. The SMILES string of the molecule is CCOCCCCc1cc(=O)c2cc([N+](=O)[O-])ccc2[nH]1. The molecule has 1 aromatic carbocycles. The highest BCUT2D eigenvalue weighted by atomic mass is 16.6. The quantitative estimate of drug-likeness (QED) is 0.482. The molecule has 0 bridgehead atoms. The standard InChI is InChI=1S/C15H18N2O4/c1-2-21-8-4-3-5-11-9-15(18)13-10-12(17(19)20)6-7-14(13)16-11/h6-7,9-10H,2-5,8H2,1H3,(H,16,18). The van der Waals surface area contributed by atoms with Crippen molar-refractivity contribution in [2.24, 2.45) is 0 Å². The fourth-order valence-corrected chi connectivity index (χ4v) is 2.20. The first kappa shape index (κ1) is 15.2. The molecule has 0 saturated carbocycles. The number of aromatic nitrogens is 1. The van der Waals surface area contributed by atoms with Crippen LogP contribution in [-0.4, -0.2) is 23.1 Å². The van der Waals surface area contributed by atoms with E-state index in [2.05, 4.69) is 4.98 Å². The number of fused-ring (bicyclic) bond motifs is 1. The Kier molecular flexibility index (Phi) is 5.05. The van der Waals surface area contributed by atoms with Gasteiger partial charge in [0.25, 0.3) is 5.69 Å². The lowest BCUT2D eigenvalue weighted by Gasteiger charge is -2.05. The molecule has 0 unspecified atom stereocenters. The summed E-state index contributed by atoms with van der Waals surface area (Å²) in [7, 11) is 0. The van der Waals surface area contributed by atoms with Gasteiger partial charge in [0.2, 0.25) is 0 Å². The molecular formula is C15H18N2O4. The summed E-state index contributed by atoms with van der Waals surface area (Å²) in [4.78, 5) is 25.4. The number of ether oxygens (including phenoxy) is 1. The van der Waals surface area contributed by atoms with E-state index >= 15 is 0 Å². The van der Waals surface area contributed by atoms with Gasteiger partial charge in [0.15, 0.2) is 5.43 Å². The average Bonchev–Trinajstić information content (AvgIpc) is 2.46. The molecule has 112 valence electrons. The van der Waals surface area contributed by atoms with Gasteiger partial charge in [0, 0.05) is 42.6 Å². The van der Waals surface area contributed by atoms with E-state index in [0.717, 1.165) is 31.6 Å². The predicted octanol–water partition coefficient (Wildman–Crippen LogP) is 2.80. The van der Waals surface area contributed by atoms with Gasteiger partial charge in [-0.2, -0.15) is 0 Å². The highest BCUT2D eigenvalue weighted by molar-refractivity contribution is 5.80. The summed E-state index contributed by atoms with van der Waals surface area (Å²) >= 11 is 0. The van der Waals surface area contributed by atoms with Crippen molar-refractivity contribution in [1.82, 2.24) is 4.98 Å². The molecule has 1 aromatic heterocycles. The van der Waals surface area contributed by atoms with Gasteiger partial charge in [-0.1, -0.05) is 0 Å². The maximum Gasteiger partial charge on any atom is 0.270 e. The molecule has 0 amide bonds. The maximum atomic E-state index is 12.0. The van der Waals surface area contributed by atoms with Crippen molar-refractivity contribution in [2.75, 3.05) is 13.2 Å². The van der Waals surface area contributed by atoms with Gasteiger partial charge < -0.3 is 9.72 Å². The van der Waals surface area contributed by atoms with E-state index in [1.54, 1.807) is 6.07 Å². The molecule has 2 aromatic rings. The molecule has 1 heterocycles. The molecule has 0 fully saturated rings. The molecule has 0 aliphatic carbocycles. The first-order valence-electron chi connectivity index (χ1n) is 7.00. The Bertz CT molecular complexity index is 694. The number of pyridine rings is 1. The summed E-state index contributed by atoms with van der Waals surface area (Å²) in [6, 6.07) is 5.81. The number of nitrogens with one attached hydrogen (secondary N) is 1. The smallest absolute Gasteiger partial charge is 0.270 e. The van der Waals surface area contributed by atoms with E-state index in [-0.39, 0.29) is 11.1 Å². The van der Waals surface area contributed by atoms with E-state index < -0.39 is 4.92 Å². The molecule has 6 nitrogen and oxygen atoms in total. The van der Waals surface area contributed by atoms with Crippen LogP contribution in [0.15, 0.2) is 29.1 Å². The van der Waals surface area contributed by atoms with Crippen LogP contribution in [0.1, 0.15) is 25.5 Å². The summed E-state index contributed by atoms with van der Waals surface area (Å²) < 4.78 is 5.27. The van der Waals surface area contributed by atoms with E-state index in [4.69, 9.17) is 4.74 Å². The molecule has 2 rings (SSSR count). The number of nitro groups is 1. The van der Waals surface area contributed by atoms with Gasteiger partial charge in [-0.3, -0.25) is 14.9 Å². The zero-order chi connectivity index (χ0) is 15.2. The Hall–Kier alpha value is -2.21. The minimum atomic E-state index is -0.499. The van der Waals surface area contributed by atoms with Crippen LogP contribution < -0.4 is 5.43 Å². The normalized spacial score (nSPS) is 10.9. The van der Waals surface area contributed by atoms with Crippen molar-refractivity contribution in [3.8, 4) is 0 Å². The zero-order valence-electron chi connectivity index (χ0n) is 11.9. The Labute approximate surface area is 121 Å². The third-order valence-corrected chi connectivity index (χ3v) is 3.27. The van der Waals surface area contributed by atoms with E-state index in [1.165, 1.54) is 18.2 Å². The number of aromatic amines is 1. The number of nitrogens with zero attached hydrogens (tertiary/aromatic N) is 1. The summed E-state index contributed by atoms with van der Waals surface area (Å²) in [5.41, 5.74) is 1.22. The molecular weight excluding hydrogens is 272 g/mol. The Morgan fingerprint density at radius 1 is 1.29 bits per heavy atom. The van der Waals surface area contributed by atoms with Gasteiger partial charge in [-0.25, -0.2) is 0 Å². The van der Waals surface area contributed by atoms with Crippen molar-refractivity contribution in [3.05, 3.63) is 50.3 Å². The van der Waals surface area contributed by atoms with Gasteiger partial charge in [-0.15, -0.1) is 0 Å². The van der Waals surface area contributed by atoms with E-state index in [1.807, 2.05) is 6.92 Å². The van der Waals surface area contributed by atoms with Crippen LogP contribution in [0.25, 0.3) is 10.9 Å². The number of benzene rings is 1. The Morgan fingerprint density at radius 2 is 2.10 bits per heavy atom. The van der Waals surface area contributed by atoms with Gasteiger partial charge in [0.05, 0.1) is 10.3 Å². The minimum absolute atomic E-state index is 0.0718. The van der Waals surface area contributed by atoms with Gasteiger partial charge in [-0.05, 0) is 32.3 Å². The number of H-pyrrole nitrogens is 1. The van der Waals surface area contributed by atoms with Crippen LogP contribution in [0.3, 0.4) is 0 Å². The molecule has 0 aliphatic rings. The third kappa shape index (κ3) is 3.88. The van der Waals surface area contributed by atoms with Gasteiger partial charge >= 0.3 is 0 Å². The Balaban J connectivity index is 2.15. The first-order chi connectivity index (χ1) is 10.1. The summed E-state index contributed by atoms with van der Waals surface area (Å²) in [5.74, 6) is 0. The number of hydrogen-bond acceptors (Lipinski definition) is 4. The van der Waals surface area contributed by atoms with E-state index in [9.17, 15) is 14.9 Å². The Morgan fingerprint density at radius 3 is 2.81 bits per heavy atom. The monoisotopic (exact) mass is 290 g/mol. The van der Waals surface area contributed by atoms with Crippen LogP contribution >= 0.6 is 0 Å². The lowest BCUT2D eigenvalue weighted by atomic mass is 10.1. The average molecular weight is 290 g/mol. The van der Waals surface area contributed by atoms with Crippen molar-refractivity contribution >= 4 is 16.6 Å². The highest BCUT2D eigenvalue weighted by Gasteiger charge is 2.09. The van der Waals surface area contributed by atoms with Crippen LogP contribution in [0.5, 0.6) is 0 Å². The number of rotatable bonds is 7. The molecule has 6 heteroatoms. The number of unbranched alkanes of at least 4 members (excludes halogenated alkanes) is 1. The molecule has 0 radical (unpaired) electrons. The second kappa shape index (κ2) is 6.99.